The third-order valence-electron chi connectivity index (χ3n) is 9.50. The lowest BCUT2D eigenvalue weighted by Crippen LogP contribution is -2.04. The van der Waals surface area contributed by atoms with Gasteiger partial charge in [-0.3, -0.25) is 0 Å². The van der Waals surface area contributed by atoms with Gasteiger partial charge in [-0.05, 0) is 119 Å². The first-order valence-corrected chi connectivity index (χ1v) is 17.1. The molecule has 0 spiro atoms. The maximum Gasteiger partial charge on any atom is 0.335 e. The molecule has 4 aromatic carbocycles. The molecule has 0 aromatic heterocycles. The maximum atomic E-state index is 11.8. The zero-order valence-corrected chi connectivity index (χ0v) is 28.3. The van der Waals surface area contributed by atoms with E-state index in [1.54, 1.807) is 60.7 Å². The van der Waals surface area contributed by atoms with Crippen LogP contribution in [-0.2, 0) is 0 Å². The Morgan fingerprint density at radius 1 is 0.352 bits per heavy atom. The number of carboxylic acid groups (broad SMARTS) is 1. The van der Waals surface area contributed by atoms with Crippen molar-refractivity contribution < 1.29 is 25.2 Å². The Balaban J connectivity index is 1.36. The lowest BCUT2D eigenvalue weighted by atomic mass is 9.97. The van der Waals surface area contributed by atoms with Crippen LogP contribution in [0.2, 0.25) is 0 Å². The molecule has 0 saturated carbocycles. The second-order valence-electron chi connectivity index (χ2n) is 12.9. The van der Waals surface area contributed by atoms with Gasteiger partial charge >= 0.3 is 5.97 Å². The molecule has 0 saturated heterocycles. The highest BCUT2D eigenvalue weighted by Gasteiger charge is 2.27. The van der Waals surface area contributed by atoms with Crippen molar-refractivity contribution in [3.05, 3.63) is 196 Å². The zero-order chi connectivity index (χ0) is 36.9. The van der Waals surface area contributed by atoms with E-state index in [1.165, 1.54) is 0 Å². The number of carboxylic acids is 1. The van der Waals surface area contributed by atoms with E-state index in [0.717, 1.165) is 39.0 Å². The number of aromatic hydroxyl groups is 3. The summed E-state index contributed by atoms with van der Waals surface area (Å²) >= 11 is 0. The fourth-order valence-corrected chi connectivity index (χ4v) is 6.93. The van der Waals surface area contributed by atoms with E-state index in [2.05, 4.69) is 0 Å². The van der Waals surface area contributed by atoms with Crippen LogP contribution in [0.5, 0.6) is 17.2 Å². The van der Waals surface area contributed by atoms with Gasteiger partial charge in [-0.25, -0.2) is 24.8 Å². The molecule has 0 radical (unpaired) electrons. The fourth-order valence-electron chi connectivity index (χ4n) is 6.93. The van der Waals surface area contributed by atoms with Crippen LogP contribution in [0.3, 0.4) is 0 Å². The standard InChI is InChI=1S/C45H28N4O5/c50-30-11-5-26(6-12-30)42-35-19-17-33(46-35)41(25-1-3-29(4-2-25)45(53)54)34-18-20-36(47-34)43(27-7-13-31(51)14-8-27)38-22-24-40(49-38)44(39-23-21-37(42)48-39)28-9-15-32(52)16-10-28/h1-24,50-52H,(H,53,54). The molecular weight excluding hydrogens is 677 g/mol. The zero-order valence-electron chi connectivity index (χ0n) is 28.3. The summed E-state index contributed by atoms with van der Waals surface area (Å²) in [7, 11) is 0. The van der Waals surface area contributed by atoms with Crippen LogP contribution in [-0.4, -0.2) is 49.2 Å². The molecule has 0 atom stereocenters. The van der Waals surface area contributed by atoms with E-state index in [1.807, 2.05) is 85.0 Å². The van der Waals surface area contributed by atoms with Crippen molar-refractivity contribution in [1.82, 2.24) is 0 Å². The van der Waals surface area contributed by atoms with Crippen molar-refractivity contribution in [2.75, 3.05) is 0 Å². The highest BCUT2D eigenvalue weighted by molar-refractivity contribution is 6.39. The second-order valence-corrected chi connectivity index (χ2v) is 12.9. The minimum Gasteiger partial charge on any atom is -0.508 e. The highest BCUT2D eigenvalue weighted by atomic mass is 16.4. The van der Waals surface area contributed by atoms with Gasteiger partial charge in [-0.15, -0.1) is 0 Å². The molecular formula is C45H28N4O5. The van der Waals surface area contributed by atoms with Crippen LogP contribution in [0.4, 0.5) is 0 Å². The SMILES string of the molecule is O=C(O)c1ccc(C2=C3C=CC(=N3)C(c3ccc(O)cc3)=C3C=CC(=N3)C(c3ccc(O)cc3)=C3C=CC(=N3)C(c3ccc(O)cc3)=C3C=CC2=N3)cc1. The van der Waals surface area contributed by atoms with Crippen LogP contribution in [0.15, 0.2) is 188 Å². The first-order chi connectivity index (χ1) is 26.3. The number of allylic oxidation sites excluding steroid dienone is 12. The average molecular weight is 705 g/mol. The molecule has 0 unspecified atom stereocenters. The highest BCUT2D eigenvalue weighted by Crippen LogP contribution is 2.39. The molecule has 4 N–H and O–H groups in total. The van der Waals surface area contributed by atoms with Gasteiger partial charge in [-0.1, -0.05) is 48.5 Å². The summed E-state index contributed by atoms with van der Waals surface area (Å²) in [5, 5.41) is 40.1. The van der Waals surface area contributed by atoms with Crippen molar-refractivity contribution in [3.8, 4) is 17.2 Å². The smallest absolute Gasteiger partial charge is 0.335 e. The topological polar surface area (TPSA) is 147 Å². The van der Waals surface area contributed by atoms with E-state index in [-0.39, 0.29) is 22.8 Å². The molecule has 8 bridgehead atoms. The van der Waals surface area contributed by atoms with Crippen LogP contribution in [0.25, 0.3) is 22.3 Å². The van der Waals surface area contributed by atoms with Gasteiger partial charge in [-0.2, -0.15) is 0 Å². The van der Waals surface area contributed by atoms with Crippen molar-refractivity contribution in [2.45, 2.75) is 0 Å². The monoisotopic (exact) mass is 704 g/mol. The number of hydrogen-bond acceptors (Lipinski definition) is 8. The number of nitrogens with zero attached hydrogens (tertiary/aromatic N) is 4. The molecule has 258 valence electrons. The number of carbonyl (C=O) groups is 1. The molecule has 5 aliphatic heterocycles. The van der Waals surface area contributed by atoms with Gasteiger partial charge in [0.2, 0.25) is 0 Å². The van der Waals surface area contributed by atoms with Gasteiger partial charge in [0, 0.05) is 22.3 Å². The molecule has 54 heavy (non-hydrogen) atoms. The van der Waals surface area contributed by atoms with Crippen LogP contribution >= 0.6 is 0 Å². The molecule has 0 amide bonds. The van der Waals surface area contributed by atoms with Crippen LogP contribution in [0.1, 0.15) is 32.6 Å². The lowest BCUT2D eigenvalue weighted by Gasteiger charge is -2.13. The summed E-state index contributed by atoms with van der Waals surface area (Å²) in [6, 6.07) is 27.3. The van der Waals surface area contributed by atoms with Crippen LogP contribution in [0, 0.1) is 0 Å². The number of fused-ring (bicyclic) bond motifs is 4. The summed E-state index contributed by atoms with van der Waals surface area (Å²) in [6.45, 7) is 0. The maximum absolute atomic E-state index is 11.8. The van der Waals surface area contributed by atoms with Gasteiger partial charge in [0.1, 0.15) is 17.2 Å². The summed E-state index contributed by atoms with van der Waals surface area (Å²) < 4.78 is 0. The Labute approximate surface area is 309 Å². The average Bonchev–Trinajstić information content (AvgIpc) is 4.02. The number of phenolic OH excluding ortho intramolecular Hbond substituents is 3. The fraction of sp³-hybridized carbons (Fsp3) is 0. The first-order valence-electron chi connectivity index (χ1n) is 17.1. The summed E-state index contributed by atoms with van der Waals surface area (Å²) in [5.41, 5.74) is 11.3. The first kappa shape index (κ1) is 32.3. The molecule has 4 aromatic rings. The van der Waals surface area contributed by atoms with Gasteiger partial charge in [0.15, 0.2) is 0 Å². The molecule has 9 rings (SSSR count). The number of benzene rings is 4. The number of rotatable bonds is 5. The normalized spacial score (nSPS) is 17.1. The van der Waals surface area contributed by atoms with Crippen molar-refractivity contribution >= 4 is 51.1 Å². The van der Waals surface area contributed by atoms with Gasteiger partial charge in [0.05, 0.1) is 51.2 Å². The van der Waals surface area contributed by atoms with E-state index >= 15 is 0 Å². The predicted octanol–water partition coefficient (Wildman–Crippen LogP) is 8.50. The molecule has 9 nitrogen and oxygen atoms in total. The van der Waals surface area contributed by atoms with Gasteiger partial charge < -0.3 is 20.4 Å². The molecule has 0 fully saturated rings. The van der Waals surface area contributed by atoms with Crippen molar-refractivity contribution in [1.29, 1.82) is 0 Å². The predicted molar refractivity (Wildman–Crippen MR) is 212 cm³/mol. The van der Waals surface area contributed by atoms with E-state index in [0.29, 0.717) is 51.2 Å². The summed E-state index contributed by atoms with van der Waals surface area (Å²) in [5.74, 6) is -0.635. The van der Waals surface area contributed by atoms with E-state index < -0.39 is 5.97 Å². The van der Waals surface area contributed by atoms with Crippen molar-refractivity contribution in [3.63, 3.8) is 0 Å². The summed E-state index contributed by atoms with van der Waals surface area (Å²) in [6.07, 6.45) is 15.4. The number of hydrogen-bond donors (Lipinski definition) is 4. The number of phenols is 3. The van der Waals surface area contributed by atoms with Crippen molar-refractivity contribution in [2.24, 2.45) is 20.0 Å². The molecule has 9 heteroatoms. The quantitative estimate of drug-likeness (QED) is 0.165. The Hall–Kier alpha value is -7.65. The number of aliphatic imine (C=N–C) groups is 4. The lowest BCUT2D eigenvalue weighted by molar-refractivity contribution is 0.0697. The summed E-state index contributed by atoms with van der Waals surface area (Å²) in [4.78, 5) is 32.5. The van der Waals surface area contributed by atoms with Crippen LogP contribution < -0.4 is 0 Å². The van der Waals surface area contributed by atoms with E-state index in [4.69, 9.17) is 20.0 Å². The Morgan fingerprint density at radius 2 is 0.593 bits per heavy atom. The minimum atomic E-state index is -1.03. The molecule has 5 heterocycles. The second kappa shape index (κ2) is 12.8. The van der Waals surface area contributed by atoms with E-state index in [9.17, 15) is 25.2 Å². The molecule has 5 aliphatic rings. The Kier molecular flexibility index (Phi) is 7.67. The third-order valence-corrected chi connectivity index (χ3v) is 9.50. The molecule has 0 aliphatic carbocycles. The Bertz CT molecular complexity index is 2650. The van der Waals surface area contributed by atoms with Gasteiger partial charge in [0.25, 0.3) is 0 Å². The minimum absolute atomic E-state index is 0.128. The number of aromatic carboxylic acids is 1. The third kappa shape index (κ3) is 5.75. The Morgan fingerprint density at radius 3 is 0.833 bits per heavy atom. The largest absolute Gasteiger partial charge is 0.508 e.